The summed E-state index contributed by atoms with van der Waals surface area (Å²) in [5.74, 6) is 0.170. The van der Waals surface area contributed by atoms with Crippen molar-refractivity contribution in [1.82, 2.24) is 10.2 Å². The monoisotopic (exact) mass is 390 g/mol. The van der Waals surface area contributed by atoms with Crippen molar-refractivity contribution in [2.45, 2.75) is 52.5 Å². The summed E-state index contributed by atoms with van der Waals surface area (Å²) in [6.07, 6.45) is 1.67. The van der Waals surface area contributed by atoms with Crippen LogP contribution in [0.4, 0.5) is 0 Å². The van der Waals surface area contributed by atoms with E-state index in [9.17, 15) is 14.4 Å². The van der Waals surface area contributed by atoms with Crippen LogP contribution in [0, 0.1) is 13.8 Å². The van der Waals surface area contributed by atoms with E-state index in [2.05, 4.69) is 5.32 Å². The van der Waals surface area contributed by atoms with Gasteiger partial charge >= 0.3 is 5.97 Å². The Morgan fingerprint density at radius 2 is 1.86 bits per heavy atom. The topological polar surface area (TPSA) is 84.9 Å². The van der Waals surface area contributed by atoms with Crippen molar-refractivity contribution in [3.8, 4) is 5.75 Å². The third kappa shape index (κ3) is 6.55. The number of hydrogen-bond donors (Lipinski definition) is 1. The number of piperidine rings is 1. The number of aryl methyl sites for hydroxylation is 1. The Morgan fingerprint density at radius 1 is 1.14 bits per heavy atom. The van der Waals surface area contributed by atoms with Gasteiger partial charge in [-0.05, 0) is 50.8 Å². The lowest BCUT2D eigenvalue weighted by Crippen LogP contribution is -2.47. The molecule has 0 atom stereocenters. The quantitative estimate of drug-likeness (QED) is 0.688. The first-order valence-corrected chi connectivity index (χ1v) is 9.82. The van der Waals surface area contributed by atoms with Gasteiger partial charge < -0.3 is 19.7 Å². The highest BCUT2D eigenvalue weighted by molar-refractivity contribution is 5.81. The molecule has 2 amide bonds. The molecule has 0 spiro atoms. The molecule has 0 unspecified atom stereocenters. The van der Waals surface area contributed by atoms with E-state index in [4.69, 9.17) is 9.47 Å². The Morgan fingerprint density at radius 3 is 2.54 bits per heavy atom. The highest BCUT2D eigenvalue weighted by Crippen LogP contribution is 2.20. The zero-order valence-electron chi connectivity index (χ0n) is 17.0. The minimum absolute atomic E-state index is 0.0248. The summed E-state index contributed by atoms with van der Waals surface area (Å²) in [5, 5.41) is 2.97. The predicted octanol–water partition coefficient (Wildman–Crippen LogP) is 2.13. The van der Waals surface area contributed by atoms with Crippen LogP contribution in [0.1, 0.15) is 43.7 Å². The summed E-state index contributed by atoms with van der Waals surface area (Å²) in [6.45, 7) is 7.16. The maximum Gasteiger partial charge on any atom is 0.306 e. The fraction of sp³-hybridized carbons (Fsp3) is 0.571. The number of esters is 1. The predicted molar refractivity (Wildman–Crippen MR) is 105 cm³/mol. The SMILES string of the molecule is CCOC(=O)CCC(=O)N1CCC(NC(=O)COc2cccc(C)c2C)CC1. The number of hydrogen-bond acceptors (Lipinski definition) is 5. The van der Waals surface area contributed by atoms with E-state index in [-0.39, 0.29) is 43.3 Å². The van der Waals surface area contributed by atoms with Crippen LogP contribution in [-0.4, -0.2) is 55.0 Å². The van der Waals surface area contributed by atoms with Crippen molar-refractivity contribution < 1.29 is 23.9 Å². The lowest BCUT2D eigenvalue weighted by molar-refractivity contribution is -0.146. The molecule has 7 heteroatoms. The van der Waals surface area contributed by atoms with Gasteiger partial charge in [0.2, 0.25) is 5.91 Å². The van der Waals surface area contributed by atoms with Gasteiger partial charge in [-0.3, -0.25) is 14.4 Å². The molecule has 1 aromatic carbocycles. The maximum atomic E-state index is 12.2. The lowest BCUT2D eigenvalue weighted by atomic mass is 10.0. The van der Waals surface area contributed by atoms with E-state index >= 15 is 0 Å². The van der Waals surface area contributed by atoms with Crippen LogP contribution in [0.5, 0.6) is 5.75 Å². The van der Waals surface area contributed by atoms with Crippen molar-refractivity contribution >= 4 is 17.8 Å². The van der Waals surface area contributed by atoms with Gasteiger partial charge in [-0.15, -0.1) is 0 Å². The number of ether oxygens (including phenoxy) is 2. The van der Waals surface area contributed by atoms with Crippen LogP contribution in [0.2, 0.25) is 0 Å². The molecule has 154 valence electrons. The molecule has 1 aliphatic rings. The second-order valence-electron chi connectivity index (χ2n) is 7.01. The molecular weight excluding hydrogens is 360 g/mol. The third-order valence-corrected chi connectivity index (χ3v) is 4.97. The van der Waals surface area contributed by atoms with Crippen LogP contribution in [-0.2, 0) is 19.1 Å². The van der Waals surface area contributed by atoms with E-state index in [0.717, 1.165) is 16.9 Å². The number of nitrogens with one attached hydrogen (secondary N) is 1. The van der Waals surface area contributed by atoms with Crippen LogP contribution >= 0.6 is 0 Å². The fourth-order valence-corrected chi connectivity index (χ4v) is 3.17. The van der Waals surface area contributed by atoms with Crippen LogP contribution < -0.4 is 10.1 Å². The number of carbonyl (C=O) groups excluding carboxylic acids is 3. The summed E-state index contributed by atoms with van der Waals surface area (Å²) in [4.78, 5) is 37.4. The Labute approximate surface area is 166 Å². The summed E-state index contributed by atoms with van der Waals surface area (Å²) in [5.41, 5.74) is 2.16. The van der Waals surface area contributed by atoms with E-state index in [1.807, 2.05) is 32.0 Å². The van der Waals surface area contributed by atoms with Gasteiger partial charge in [0.25, 0.3) is 5.91 Å². The minimum atomic E-state index is -0.346. The highest BCUT2D eigenvalue weighted by Gasteiger charge is 2.24. The van der Waals surface area contributed by atoms with Crippen LogP contribution in [0.15, 0.2) is 18.2 Å². The Balaban J connectivity index is 1.69. The van der Waals surface area contributed by atoms with Crippen molar-refractivity contribution in [3.05, 3.63) is 29.3 Å². The fourth-order valence-electron chi connectivity index (χ4n) is 3.17. The smallest absolute Gasteiger partial charge is 0.306 e. The van der Waals surface area contributed by atoms with Gasteiger partial charge in [-0.1, -0.05) is 12.1 Å². The number of benzene rings is 1. The molecular formula is C21H30N2O5. The van der Waals surface area contributed by atoms with E-state index < -0.39 is 0 Å². The summed E-state index contributed by atoms with van der Waals surface area (Å²) in [7, 11) is 0. The molecule has 1 heterocycles. The van der Waals surface area contributed by atoms with E-state index in [1.54, 1.807) is 11.8 Å². The second kappa shape index (κ2) is 10.7. The zero-order chi connectivity index (χ0) is 20.5. The minimum Gasteiger partial charge on any atom is -0.483 e. The molecule has 1 fully saturated rings. The van der Waals surface area contributed by atoms with E-state index in [1.165, 1.54) is 0 Å². The Hall–Kier alpha value is -2.57. The molecule has 2 rings (SSSR count). The molecule has 0 aromatic heterocycles. The van der Waals surface area contributed by atoms with Gasteiger partial charge in [-0.2, -0.15) is 0 Å². The molecule has 7 nitrogen and oxygen atoms in total. The second-order valence-corrected chi connectivity index (χ2v) is 7.01. The summed E-state index contributed by atoms with van der Waals surface area (Å²) < 4.78 is 10.5. The number of rotatable bonds is 8. The first kappa shape index (κ1) is 21.7. The normalized spacial score (nSPS) is 14.5. The number of carbonyl (C=O) groups is 3. The summed E-state index contributed by atoms with van der Waals surface area (Å²) >= 11 is 0. The molecule has 28 heavy (non-hydrogen) atoms. The molecule has 1 aliphatic heterocycles. The Kier molecular flexibility index (Phi) is 8.29. The summed E-state index contributed by atoms with van der Waals surface area (Å²) in [6, 6.07) is 5.80. The van der Waals surface area contributed by atoms with Crippen molar-refractivity contribution in [2.75, 3.05) is 26.3 Å². The highest BCUT2D eigenvalue weighted by atomic mass is 16.5. The van der Waals surface area contributed by atoms with Crippen molar-refractivity contribution in [3.63, 3.8) is 0 Å². The lowest BCUT2D eigenvalue weighted by Gasteiger charge is -2.32. The van der Waals surface area contributed by atoms with Gasteiger partial charge in [0, 0.05) is 25.6 Å². The van der Waals surface area contributed by atoms with Gasteiger partial charge in [0.05, 0.1) is 13.0 Å². The van der Waals surface area contributed by atoms with Crippen LogP contribution in [0.3, 0.4) is 0 Å². The van der Waals surface area contributed by atoms with Gasteiger partial charge in [0.15, 0.2) is 6.61 Å². The first-order chi connectivity index (χ1) is 13.4. The maximum absolute atomic E-state index is 12.2. The molecule has 1 saturated heterocycles. The molecule has 0 bridgehead atoms. The molecule has 0 aliphatic carbocycles. The van der Waals surface area contributed by atoms with Crippen molar-refractivity contribution in [2.24, 2.45) is 0 Å². The Bertz CT molecular complexity index is 696. The zero-order valence-corrected chi connectivity index (χ0v) is 17.0. The first-order valence-electron chi connectivity index (χ1n) is 9.82. The molecule has 1 aromatic rings. The van der Waals surface area contributed by atoms with Crippen molar-refractivity contribution in [1.29, 1.82) is 0 Å². The number of amides is 2. The molecule has 0 saturated carbocycles. The largest absolute Gasteiger partial charge is 0.483 e. The van der Waals surface area contributed by atoms with Gasteiger partial charge in [-0.25, -0.2) is 0 Å². The van der Waals surface area contributed by atoms with Crippen LogP contribution in [0.25, 0.3) is 0 Å². The molecule has 0 radical (unpaired) electrons. The standard InChI is InChI=1S/C21H30N2O5/c1-4-27-21(26)9-8-20(25)23-12-10-17(11-13-23)22-19(24)14-28-18-7-5-6-15(2)16(18)3/h5-7,17H,4,8-14H2,1-3H3,(H,22,24). The number of nitrogens with zero attached hydrogens (tertiary/aromatic N) is 1. The molecule has 1 N–H and O–H groups in total. The van der Waals surface area contributed by atoms with E-state index in [0.29, 0.717) is 32.5 Å². The van der Waals surface area contributed by atoms with Gasteiger partial charge in [0.1, 0.15) is 5.75 Å². The third-order valence-electron chi connectivity index (χ3n) is 4.97. The number of likely N-dealkylation sites (tertiary alicyclic amines) is 1. The average molecular weight is 390 g/mol. The average Bonchev–Trinajstić information content (AvgIpc) is 2.68.